The van der Waals surface area contributed by atoms with E-state index in [0.717, 1.165) is 0 Å². The van der Waals surface area contributed by atoms with Gasteiger partial charge in [0.15, 0.2) is 0 Å². The van der Waals surface area contributed by atoms with Crippen molar-refractivity contribution in [1.29, 1.82) is 0 Å². The smallest absolute Gasteiger partial charge is 0.275 e. The Morgan fingerprint density at radius 3 is 2.52 bits per heavy atom. The van der Waals surface area contributed by atoms with Crippen LogP contribution < -0.4 is 4.90 Å². The first kappa shape index (κ1) is 14.9. The zero-order valence-corrected chi connectivity index (χ0v) is 11.5. The number of hydrogen-bond donors (Lipinski definition) is 1. The second-order valence-electron chi connectivity index (χ2n) is 4.45. The first-order valence-electron chi connectivity index (χ1n) is 6.48. The Hall–Kier alpha value is -2.47. The lowest BCUT2D eigenvalue weighted by atomic mass is 10.1. The molecule has 0 aromatic heterocycles. The van der Waals surface area contributed by atoms with Gasteiger partial charge < -0.3 is 10.0 Å². The van der Waals surface area contributed by atoms with Crippen molar-refractivity contribution < 1.29 is 14.4 Å². The molecule has 0 radical (unpaired) electrons. The molecule has 0 spiro atoms. The highest BCUT2D eigenvalue weighted by Crippen LogP contribution is 2.30. The van der Waals surface area contributed by atoms with E-state index in [-0.39, 0.29) is 17.1 Å². The second kappa shape index (κ2) is 6.32. The van der Waals surface area contributed by atoms with Crippen LogP contribution in [0.15, 0.2) is 42.5 Å². The summed E-state index contributed by atoms with van der Waals surface area (Å²) in [7, 11) is 0. The SMILES string of the molecule is CCN(c1cccc(F)c1)c1ccc([N+](=O)[O-])c(CO)c1. The summed E-state index contributed by atoms with van der Waals surface area (Å²) in [5.74, 6) is -0.352. The first-order chi connectivity index (χ1) is 10.1. The molecular formula is C15H15FN2O3. The first-order valence-corrected chi connectivity index (χ1v) is 6.48. The number of anilines is 2. The number of nitro groups is 1. The maximum atomic E-state index is 13.3. The monoisotopic (exact) mass is 290 g/mol. The quantitative estimate of drug-likeness (QED) is 0.677. The average Bonchev–Trinajstić information content (AvgIpc) is 2.47. The zero-order chi connectivity index (χ0) is 15.4. The van der Waals surface area contributed by atoms with E-state index in [2.05, 4.69) is 0 Å². The molecule has 0 saturated carbocycles. The Balaban J connectivity index is 2.46. The molecule has 0 fully saturated rings. The number of benzene rings is 2. The zero-order valence-electron chi connectivity index (χ0n) is 11.5. The molecule has 6 heteroatoms. The van der Waals surface area contributed by atoms with E-state index in [1.807, 2.05) is 11.8 Å². The van der Waals surface area contributed by atoms with Crippen molar-refractivity contribution in [3.63, 3.8) is 0 Å². The highest BCUT2D eigenvalue weighted by atomic mass is 19.1. The van der Waals surface area contributed by atoms with E-state index in [9.17, 15) is 19.6 Å². The summed E-state index contributed by atoms with van der Waals surface area (Å²) in [5, 5.41) is 20.2. The Labute approximate surface area is 121 Å². The molecule has 0 saturated heterocycles. The fourth-order valence-corrected chi connectivity index (χ4v) is 2.20. The Morgan fingerprint density at radius 1 is 1.24 bits per heavy atom. The number of aliphatic hydroxyl groups is 1. The third-order valence-electron chi connectivity index (χ3n) is 3.18. The lowest BCUT2D eigenvalue weighted by Gasteiger charge is -2.23. The van der Waals surface area contributed by atoms with Crippen LogP contribution in [0.5, 0.6) is 0 Å². The highest BCUT2D eigenvalue weighted by Gasteiger charge is 2.16. The molecule has 110 valence electrons. The van der Waals surface area contributed by atoms with Crippen LogP contribution in [0, 0.1) is 15.9 Å². The summed E-state index contributed by atoms with van der Waals surface area (Å²) in [6, 6.07) is 10.6. The van der Waals surface area contributed by atoms with Gasteiger partial charge in [0.2, 0.25) is 0 Å². The minimum atomic E-state index is -0.534. The van der Waals surface area contributed by atoms with Gasteiger partial charge in [-0.1, -0.05) is 6.07 Å². The van der Waals surface area contributed by atoms with Gasteiger partial charge in [-0.2, -0.15) is 0 Å². The largest absolute Gasteiger partial charge is 0.391 e. The molecule has 0 atom stereocenters. The molecule has 0 aliphatic heterocycles. The molecule has 0 bridgehead atoms. The maximum Gasteiger partial charge on any atom is 0.275 e. The third-order valence-corrected chi connectivity index (χ3v) is 3.18. The van der Waals surface area contributed by atoms with Gasteiger partial charge in [-0.05, 0) is 37.3 Å². The lowest BCUT2D eigenvalue weighted by Crippen LogP contribution is -2.16. The van der Waals surface area contributed by atoms with Crippen LogP contribution in [0.4, 0.5) is 21.5 Å². The minimum Gasteiger partial charge on any atom is -0.391 e. The molecule has 2 aromatic carbocycles. The van der Waals surface area contributed by atoms with Crippen molar-refractivity contribution in [2.24, 2.45) is 0 Å². The minimum absolute atomic E-state index is 0.128. The van der Waals surface area contributed by atoms with E-state index < -0.39 is 11.5 Å². The second-order valence-corrected chi connectivity index (χ2v) is 4.45. The Bertz CT molecular complexity index is 661. The Kier molecular flexibility index (Phi) is 4.49. The molecule has 0 aliphatic rings. The van der Waals surface area contributed by atoms with Crippen LogP contribution >= 0.6 is 0 Å². The molecule has 0 unspecified atom stereocenters. The number of hydrogen-bond acceptors (Lipinski definition) is 4. The van der Waals surface area contributed by atoms with E-state index in [4.69, 9.17) is 0 Å². The number of halogens is 1. The molecule has 0 amide bonds. The van der Waals surface area contributed by atoms with Gasteiger partial charge in [0.25, 0.3) is 5.69 Å². The van der Waals surface area contributed by atoms with Crippen molar-refractivity contribution in [3.05, 3.63) is 64.0 Å². The van der Waals surface area contributed by atoms with Crippen LogP contribution in [-0.2, 0) is 6.61 Å². The standard InChI is InChI=1S/C15H15FN2O3/c1-2-17(13-5-3-4-12(16)9-13)14-6-7-15(18(20)21)11(8-14)10-19/h3-9,19H,2,10H2,1H3. The number of aliphatic hydroxyl groups excluding tert-OH is 1. The van der Waals surface area contributed by atoms with E-state index in [1.54, 1.807) is 24.3 Å². The van der Waals surface area contributed by atoms with Crippen LogP contribution in [-0.4, -0.2) is 16.6 Å². The van der Waals surface area contributed by atoms with Crippen molar-refractivity contribution in [3.8, 4) is 0 Å². The van der Waals surface area contributed by atoms with Crippen LogP contribution in [0.2, 0.25) is 0 Å². The van der Waals surface area contributed by atoms with Gasteiger partial charge in [-0.15, -0.1) is 0 Å². The van der Waals surface area contributed by atoms with E-state index in [0.29, 0.717) is 17.9 Å². The number of rotatable bonds is 5. The predicted octanol–water partition coefficient (Wildman–Crippen LogP) is 3.38. The van der Waals surface area contributed by atoms with Crippen molar-refractivity contribution >= 4 is 17.1 Å². The van der Waals surface area contributed by atoms with Crippen LogP contribution in [0.25, 0.3) is 0 Å². The molecular weight excluding hydrogens is 275 g/mol. The van der Waals surface area contributed by atoms with Gasteiger partial charge in [0.1, 0.15) is 5.82 Å². The number of nitro benzene ring substituents is 1. The van der Waals surface area contributed by atoms with Crippen LogP contribution in [0.1, 0.15) is 12.5 Å². The van der Waals surface area contributed by atoms with Crippen molar-refractivity contribution in [2.75, 3.05) is 11.4 Å². The maximum absolute atomic E-state index is 13.3. The fraction of sp³-hybridized carbons (Fsp3) is 0.200. The summed E-state index contributed by atoms with van der Waals surface area (Å²) in [4.78, 5) is 12.2. The lowest BCUT2D eigenvalue weighted by molar-refractivity contribution is -0.385. The normalized spacial score (nSPS) is 10.4. The molecule has 0 heterocycles. The highest BCUT2D eigenvalue weighted by molar-refractivity contribution is 5.66. The summed E-state index contributed by atoms with van der Waals surface area (Å²) in [6.45, 7) is 2.03. The Morgan fingerprint density at radius 2 is 1.95 bits per heavy atom. The van der Waals surface area contributed by atoms with Gasteiger partial charge in [-0.25, -0.2) is 4.39 Å². The molecule has 1 N–H and O–H groups in total. The van der Waals surface area contributed by atoms with Gasteiger partial charge in [0, 0.05) is 24.0 Å². The predicted molar refractivity (Wildman–Crippen MR) is 78.1 cm³/mol. The molecule has 2 aromatic rings. The fourth-order valence-electron chi connectivity index (χ4n) is 2.20. The summed E-state index contributed by atoms with van der Waals surface area (Å²) >= 11 is 0. The molecule has 21 heavy (non-hydrogen) atoms. The van der Waals surface area contributed by atoms with Crippen molar-refractivity contribution in [1.82, 2.24) is 0 Å². The van der Waals surface area contributed by atoms with Crippen molar-refractivity contribution in [2.45, 2.75) is 13.5 Å². The topological polar surface area (TPSA) is 66.6 Å². The van der Waals surface area contributed by atoms with E-state index >= 15 is 0 Å². The summed E-state index contributed by atoms with van der Waals surface area (Å²) < 4.78 is 13.3. The van der Waals surface area contributed by atoms with Gasteiger partial charge in [0.05, 0.1) is 17.1 Å². The number of nitrogens with zero attached hydrogens (tertiary/aromatic N) is 2. The molecule has 2 rings (SSSR count). The molecule has 0 aliphatic carbocycles. The van der Waals surface area contributed by atoms with Gasteiger partial charge in [-0.3, -0.25) is 10.1 Å². The summed E-state index contributed by atoms with van der Waals surface area (Å²) in [6.07, 6.45) is 0. The van der Waals surface area contributed by atoms with Crippen LogP contribution in [0.3, 0.4) is 0 Å². The molecule has 5 nitrogen and oxygen atoms in total. The van der Waals surface area contributed by atoms with E-state index in [1.165, 1.54) is 18.2 Å². The average molecular weight is 290 g/mol. The summed E-state index contributed by atoms with van der Waals surface area (Å²) in [5.41, 5.74) is 1.41. The third kappa shape index (κ3) is 3.17. The van der Waals surface area contributed by atoms with Gasteiger partial charge >= 0.3 is 0 Å².